The Morgan fingerprint density at radius 3 is 2.36 bits per heavy atom. The molecule has 1 fully saturated rings. The van der Waals surface area contributed by atoms with E-state index in [0.717, 1.165) is 17.2 Å². The number of amides is 3. The van der Waals surface area contributed by atoms with E-state index in [9.17, 15) is 23.2 Å². The molecule has 0 saturated carbocycles. The maximum Gasteiger partial charge on any atom is 0.324 e. The molecule has 3 aromatic rings. The van der Waals surface area contributed by atoms with Crippen molar-refractivity contribution in [2.75, 3.05) is 44.7 Å². The number of hydrogen-bond acceptors (Lipinski definition) is 5. The summed E-state index contributed by atoms with van der Waals surface area (Å²) in [4.78, 5) is 46.4. The highest BCUT2D eigenvalue weighted by molar-refractivity contribution is 5.99. The van der Waals surface area contributed by atoms with Crippen LogP contribution in [0.1, 0.15) is 15.9 Å². The van der Waals surface area contributed by atoms with Crippen LogP contribution in [-0.2, 0) is 11.3 Å². The Kier molecular flexibility index (Phi) is 8.92. The highest BCUT2D eigenvalue weighted by Gasteiger charge is 2.27. The van der Waals surface area contributed by atoms with Crippen LogP contribution in [0.5, 0.6) is 0 Å². The Balaban J connectivity index is 1.60. The summed E-state index contributed by atoms with van der Waals surface area (Å²) in [5.41, 5.74) is 2.43. The molecule has 0 atom stereocenters. The Bertz CT molecular complexity index is 1330. The van der Waals surface area contributed by atoms with E-state index in [0.29, 0.717) is 31.9 Å². The molecule has 11 heteroatoms. The Labute approximate surface area is 224 Å². The van der Waals surface area contributed by atoms with Gasteiger partial charge in [0.15, 0.2) is 5.78 Å². The molecule has 1 aliphatic heterocycles. The Hall–Kier alpha value is -4.25. The SMILES string of the molecule is CN1CCN(C(=O)N(Cc2ccc(C(=O)CNC(=O)C(F)F)cc2F)c2cccc(-c3ccncc3)c2)CC1. The molecular formula is C28H28F3N5O3. The lowest BCUT2D eigenvalue weighted by molar-refractivity contribution is -0.131. The fraction of sp³-hybridized carbons (Fsp3) is 0.286. The van der Waals surface area contributed by atoms with Gasteiger partial charge in [0.25, 0.3) is 5.91 Å². The van der Waals surface area contributed by atoms with E-state index in [4.69, 9.17) is 0 Å². The third-order valence-electron chi connectivity index (χ3n) is 6.50. The molecule has 39 heavy (non-hydrogen) atoms. The summed E-state index contributed by atoms with van der Waals surface area (Å²) in [6, 6.07) is 14.5. The van der Waals surface area contributed by atoms with Gasteiger partial charge in [-0.2, -0.15) is 8.78 Å². The largest absolute Gasteiger partial charge is 0.344 e. The van der Waals surface area contributed by atoms with E-state index < -0.39 is 30.5 Å². The summed E-state index contributed by atoms with van der Waals surface area (Å²) in [5, 5.41) is 1.81. The van der Waals surface area contributed by atoms with Gasteiger partial charge >= 0.3 is 12.5 Å². The molecule has 0 spiro atoms. The molecular weight excluding hydrogens is 511 g/mol. The summed E-state index contributed by atoms with van der Waals surface area (Å²) in [7, 11) is 1.98. The lowest BCUT2D eigenvalue weighted by Gasteiger charge is -2.36. The summed E-state index contributed by atoms with van der Waals surface area (Å²) < 4.78 is 39.9. The van der Waals surface area contributed by atoms with E-state index in [2.05, 4.69) is 9.88 Å². The molecule has 0 unspecified atom stereocenters. The number of likely N-dealkylation sites (N-methyl/N-ethyl adjacent to an activating group) is 1. The number of benzene rings is 2. The summed E-state index contributed by atoms with van der Waals surface area (Å²) >= 11 is 0. The van der Waals surface area contributed by atoms with Crippen LogP contribution in [0.25, 0.3) is 11.1 Å². The zero-order valence-corrected chi connectivity index (χ0v) is 21.3. The molecule has 2 heterocycles. The first-order valence-corrected chi connectivity index (χ1v) is 12.4. The molecule has 1 saturated heterocycles. The van der Waals surface area contributed by atoms with Gasteiger partial charge in [-0.1, -0.05) is 24.3 Å². The standard InChI is InChI=1S/C28H28F3N5O3/c1-34-11-13-35(14-12-34)28(39)36(23-4-2-3-20(15-23)19-7-9-32-10-8-19)18-22-6-5-21(16-24(22)29)25(37)17-33-27(38)26(30)31/h2-10,15-16,26H,11-14,17-18H2,1H3,(H,33,38). The van der Waals surface area contributed by atoms with Crippen LogP contribution >= 0.6 is 0 Å². The van der Waals surface area contributed by atoms with Crippen molar-refractivity contribution in [3.63, 3.8) is 0 Å². The third kappa shape index (κ3) is 6.99. The van der Waals surface area contributed by atoms with E-state index in [1.165, 1.54) is 17.0 Å². The number of aromatic nitrogens is 1. The zero-order valence-electron chi connectivity index (χ0n) is 21.3. The third-order valence-corrected chi connectivity index (χ3v) is 6.50. The zero-order chi connectivity index (χ0) is 27.9. The van der Waals surface area contributed by atoms with Crippen molar-refractivity contribution >= 4 is 23.4 Å². The molecule has 204 valence electrons. The number of carbonyl (C=O) groups excluding carboxylic acids is 3. The van der Waals surface area contributed by atoms with Crippen LogP contribution in [0.3, 0.4) is 0 Å². The van der Waals surface area contributed by atoms with E-state index in [1.54, 1.807) is 23.4 Å². The van der Waals surface area contributed by atoms with Gasteiger partial charge in [0.05, 0.1) is 13.1 Å². The second-order valence-corrected chi connectivity index (χ2v) is 9.19. The number of hydrogen-bond donors (Lipinski definition) is 1. The number of pyridine rings is 1. The minimum Gasteiger partial charge on any atom is -0.344 e. The van der Waals surface area contributed by atoms with Gasteiger partial charge in [0, 0.05) is 55.4 Å². The van der Waals surface area contributed by atoms with Crippen LogP contribution in [0.15, 0.2) is 67.0 Å². The van der Waals surface area contributed by atoms with Crippen LogP contribution in [0.4, 0.5) is 23.7 Å². The number of piperazine rings is 1. The number of nitrogens with zero attached hydrogens (tertiary/aromatic N) is 4. The summed E-state index contributed by atoms with van der Waals surface area (Å²) in [6.07, 6.45) is 0.0938. The number of urea groups is 1. The van der Waals surface area contributed by atoms with Gasteiger partial charge in [-0.15, -0.1) is 0 Å². The van der Waals surface area contributed by atoms with Crippen molar-refractivity contribution in [1.29, 1.82) is 0 Å². The first kappa shape index (κ1) is 27.8. The number of nitrogens with one attached hydrogen (secondary N) is 1. The number of carbonyl (C=O) groups is 3. The predicted octanol–water partition coefficient (Wildman–Crippen LogP) is 3.83. The van der Waals surface area contributed by atoms with E-state index in [1.807, 2.05) is 42.7 Å². The van der Waals surface area contributed by atoms with E-state index >= 15 is 4.39 Å². The van der Waals surface area contributed by atoms with Crippen molar-refractivity contribution in [3.8, 4) is 11.1 Å². The summed E-state index contributed by atoms with van der Waals surface area (Å²) in [5.74, 6) is -3.03. The second kappa shape index (κ2) is 12.5. The van der Waals surface area contributed by atoms with Gasteiger partial charge in [-0.05, 0) is 48.5 Å². The van der Waals surface area contributed by atoms with Gasteiger partial charge in [-0.3, -0.25) is 19.5 Å². The monoisotopic (exact) mass is 539 g/mol. The highest BCUT2D eigenvalue weighted by atomic mass is 19.3. The number of rotatable bonds is 8. The molecule has 1 aromatic heterocycles. The average molecular weight is 540 g/mol. The van der Waals surface area contributed by atoms with Crippen molar-refractivity contribution in [2.45, 2.75) is 13.0 Å². The minimum absolute atomic E-state index is 0.0811. The van der Waals surface area contributed by atoms with Gasteiger partial charge in [0.1, 0.15) is 5.82 Å². The number of anilines is 1. The number of alkyl halides is 2. The Morgan fingerprint density at radius 2 is 1.69 bits per heavy atom. The lowest BCUT2D eigenvalue weighted by Crippen LogP contribution is -2.52. The molecule has 4 rings (SSSR count). The molecule has 0 radical (unpaired) electrons. The van der Waals surface area contributed by atoms with Crippen molar-refractivity contribution < 1.29 is 27.6 Å². The highest BCUT2D eigenvalue weighted by Crippen LogP contribution is 2.27. The Morgan fingerprint density at radius 1 is 0.974 bits per heavy atom. The number of ketones is 1. The average Bonchev–Trinajstić information content (AvgIpc) is 2.95. The van der Waals surface area contributed by atoms with Gasteiger partial charge in [-0.25, -0.2) is 9.18 Å². The van der Waals surface area contributed by atoms with Crippen LogP contribution in [0.2, 0.25) is 0 Å². The van der Waals surface area contributed by atoms with E-state index in [-0.39, 0.29) is 23.7 Å². The van der Waals surface area contributed by atoms with Gasteiger partial charge in [0.2, 0.25) is 0 Å². The molecule has 8 nitrogen and oxygen atoms in total. The minimum atomic E-state index is -3.25. The van der Waals surface area contributed by atoms with Crippen molar-refractivity contribution in [2.24, 2.45) is 0 Å². The normalized spacial score (nSPS) is 13.8. The predicted molar refractivity (Wildman–Crippen MR) is 140 cm³/mol. The quantitative estimate of drug-likeness (QED) is 0.440. The van der Waals surface area contributed by atoms with Crippen LogP contribution < -0.4 is 10.2 Å². The molecule has 0 aliphatic carbocycles. The number of Topliss-reactive ketones (excluding diaryl/α,β-unsaturated/α-hetero) is 1. The molecule has 1 aliphatic rings. The molecule has 2 aromatic carbocycles. The molecule has 1 N–H and O–H groups in total. The van der Waals surface area contributed by atoms with Crippen molar-refractivity contribution in [1.82, 2.24) is 20.1 Å². The molecule has 0 bridgehead atoms. The lowest BCUT2D eigenvalue weighted by atomic mass is 10.0. The first-order chi connectivity index (χ1) is 18.7. The number of halogens is 3. The topological polar surface area (TPSA) is 85.9 Å². The maximum atomic E-state index is 15.2. The smallest absolute Gasteiger partial charge is 0.324 e. The van der Waals surface area contributed by atoms with Crippen molar-refractivity contribution in [3.05, 3.63) is 83.9 Å². The fourth-order valence-corrected chi connectivity index (χ4v) is 4.20. The maximum absolute atomic E-state index is 15.2. The first-order valence-electron chi connectivity index (χ1n) is 12.4. The van der Waals surface area contributed by atoms with Crippen LogP contribution in [0, 0.1) is 5.82 Å². The molecule has 3 amide bonds. The van der Waals surface area contributed by atoms with Crippen LogP contribution in [-0.4, -0.2) is 78.7 Å². The fourth-order valence-electron chi connectivity index (χ4n) is 4.20. The summed E-state index contributed by atoms with van der Waals surface area (Å²) in [6.45, 7) is 1.69. The van der Waals surface area contributed by atoms with Gasteiger partial charge < -0.3 is 15.1 Å². The second-order valence-electron chi connectivity index (χ2n) is 9.19.